The first kappa shape index (κ1) is 10.4. The van der Waals surface area contributed by atoms with E-state index < -0.39 is 0 Å². The van der Waals surface area contributed by atoms with E-state index >= 15 is 0 Å². The summed E-state index contributed by atoms with van der Waals surface area (Å²) >= 11 is 6.10. The predicted molar refractivity (Wildman–Crippen MR) is 64.3 cm³/mol. The maximum absolute atomic E-state index is 6.10. The van der Waals surface area contributed by atoms with E-state index in [1.165, 1.54) is 0 Å². The molecule has 0 unspecified atom stereocenters. The third kappa shape index (κ3) is 1.96. The lowest BCUT2D eigenvalue weighted by molar-refractivity contribution is 0.795. The third-order valence-electron chi connectivity index (χ3n) is 2.42. The van der Waals surface area contributed by atoms with Crippen LogP contribution in [0.15, 0.2) is 24.3 Å². The minimum atomic E-state index is 0.763. The molecule has 0 saturated carbocycles. The van der Waals surface area contributed by atoms with Crippen LogP contribution in [-0.4, -0.2) is 12.0 Å². The Balaban J connectivity index is 2.65. The number of hydrogen-bond acceptors (Lipinski definition) is 2. The quantitative estimate of drug-likeness (QED) is 0.842. The van der Waals surface area contributed by atoms with Crippen LogP contribution >= 0.6 is 11.6 Å². The van der Waals surface area contributed by atoms with Gasteiger partial charge < -0.3 is 5.32 Å². The normalized spacial score (nSPS) is 10.9. The number of nitrogens with one attached hydrogen (secondary N) is 1. The van der Waals surface area contributed by atoms with Crippen molar-refractivity contribution in [1.82, 2.24) is 10.3 Å². The van der Waals surface area contributed by atoms with Crippen LogP contribution in [0.1, 0.15) is 11.3 Å². The summed E-state index contributed by atoms with van der Waals surface area (Å²) in [5, 5.41) is 4.87. The molecule has 2 rings (SSSR count). The zero-order valence-corrected chi connectivity index (χ0v) is 9.60. The van der Waals surface area contributed by atoms with E-state index in [0.717, 1.165) is 33.7 Å². The van der Waals surface area contributed by atoms with Crippen molar-refractivity contribution >= 4 is 22.5 Å². The molecule has 0 amide bonds. The van der Waals surface area contributed by atoms with Gasteiger partial charge in [-0.1, -0.05) is 17.7 Å². The van der Waals surface area contributed by atoms with E-state index in [2.05, 4.69) is 17.2 Å². The highest BCUT2D eigenvalue weighted by atomic mass is 35.5. The highest BCUT2D eigenvalue weighted by Crippen LogP contribution is 2.24. The van der Waals surface area contributed by atoms with Gasteiger partial charge in [-0.2, -0.15) is 0 Å². The maximum Gasteiger partial charge on any atom is 0.0749 e. The molecule has 0 spiro atoms. The van der Waals surface area contributed by atoms with Crippen LogP contribution in [0.4, 0.5) is 0 Å². The predicted octanol–water partition coefficient (Wildman–Crippen LogP) is 2.92. The number of benzene rings is 1. The summed E-state index contributed by atoms with van der Waals surface area (Å²) in [5.74, 6) is 0. The van der Waals surface area contributed by atoms with Crippen LogP contribution in [0.5, 0.6) is 0 Å². The molecule has 15 heavy (non-hydrogen) atoms. The van der Waals surface area contributed by atoms with Gasteiger partial charge in [0.1, 0.15) is 0 Å². The number of fused-ring (bicyclic) bond motifs is 1. The summed E-state index contributed by atoms with van der Waals surface area (Å²) in [6, 6.07) is 7.95. The topological polar surface area (TPSA) is 24.9 Å². The Morgan fingerprint density at radius 3 is 2.80 bits per heavy atom. The molecule has 1 N–H and O–H groups in total. The number of hydrogen-bond donors (Lipinski definition) is 1. The molecule has 1 aromatic carbocycles. The molecular formula is C12H13ClN2. The summed E-state index contributed by atoms with van der Waals surface area (Å²) in [7, 11) is 1.91. The summed E-state index contributed by atoms with van der Waals surface area (Å²) < 4.78 is 0. The van der Waals surface area contributed by atoms with Gasteiger partial charge in [0.2, 0.25) is 0 Å². The Bertz CT molecular complexity index is 494. The Morgan fingerprint density at radius 2 is 2.07 bits per heavy atom. The minimum absolute atomic E-state index is 0.763. The van der Waals surface area contributed by atoms with Crippen molar-refractivity contribution in [2.75, 3.05) is 7.05 Å². The minimum Gasteiger partial charge on any atom is -0.314 e. The van der Waals surface area contributed by atoms with E-state index in [-0.39, 0.29) is 0 Å². The standard InChI is InChI=1S/C12H13ClN2/c1-8-3-6-11(13)10-5-4-9(7-14-2)15-12(8)10/h3-6,14H,7H2,1-2H3. The van der Waals surface area contributed by atoms with E-state index in [0.29, 0.717) is 0 Å². The molecule has 3 heteroatoms. The Labute approximate surface area is 94.3 Å². The molecule has 0 saturated heterocycles. The first-order chi connectivity index (χ1) is 7.22. The van der Waals surface area contributed by atoms with Gasteiger partial charge in [0, 0.05) is 17.0 Å². The van der Waals surface area contributed by atoms with Gasteiger partial charge in [-0.15, -0.1) is 0 Å². The maximum atomic E-state index is 6.10. The number of halogens is 1. The van der Waals surface area contributed by atoms with Crippen LogP contribution in [0.3, 0.4) is 0 Å². The number of nitrogens with zero attached hydrogens (tertiary/aromatic N) is 1. The number of aromatic nitrogens is 1. The zero-order chi connectivity index (χ0) is 10.8. The smallest absolute Gasteiger partial charge is 0.0749 e. The molecule has 0 fully saturated rings. The highest BCUT2D eigenvalue weighted by Gasteiger charge is 2.04. The van der Waals surface area contributed by atoms with Crippen molar-refractivity contribution in [3.63, 3.8) is 0 Å². The average molecular weight is 221 g/mol. The van der Waals surface area contributed by atoms with Gasteiger partial charge in [-0.05, 0) is 37.7 Å². The van der Waals surface area contributed by atoms with Gasteiger partial charge in [0.25, 0.3) is 0 Å². The van der Waals surface area contributed by atoms with Crippen LogP contribution < -0.4 is 5.32 Å². The molecule has 1 aromatic heterocycles. The Hall–Kier alpha value is -1.12. The number of pyridine rings is 1. The summed E-state index contributed by atoms with van der Waals surface area (Å²) in [6.07, 6.45) is 0. The van der Waals surface area contributed by atoms with Crippen LogP contribution in [-0.2, 0) is 6.54 Å². The molecule has 2 nitrogen and oxygen atoms in total. The third-order valence-corrected chi connectivity index (χ3v) is 2.75. The first-order valence-corrected chi connectivity index (χ1v) is 5.29. The SMILES string of the molecule is CNCc1ccc2c(Cl)ccc(C)c2n1. The average Bonchev–Trinajstić information content (AvgIpc) is 2.24. The van der Waals surface area contributed by atoms with Gasteiger partial charge in [0.15, 0.2) is 0 Å². The van der Waals surface area contributed by atoms with Gasteiger partial charge >= 0.3 is 0 Å². The van der Waals surface area contributed by atoms with Crippen molar-refractivity contribution < 1.29 is 0 Å². The van der Waals surface area contributed by atoms with Crippen LogP contribution in [0.25, 0.3) is 10.9 Å². The number of rotatable bonds is 2. The van der Waals surface area contributed by atoms with Crippen LogP contribution in [0.2, 0.25) is 5.02 Å². The van der Waals surface area contributed by atoms with Crippen LogP contribution in [0, 0.1) is 6.92 Å². The van der Waals surface area contributed by atoms with Gasteiger partial charge in [0.05, 0.1) is 11.2 Å². The molecule has 2 aromatic rings. The van der Waals surface area contributed by atoms with Crippen molar-refractivity contribution in [1.29, 1.82) is 0 Å². The fraction of sp³-hybridized carbons (Fsp3) is 0.250. The van der Waals surface area contributed by atoms with E-state index in [1.807, 2.05) is 31.3 Å². The second-order valence-corrected chi connectivity index (χ2v) is 4.00. The Morgan fingerprint density at radius 1 is 1.27 bits per heavy atom. The molecule has 0 bridgehead atoms. The van der Waals surface area contributed by atoms with Gasteiger partial charge in [-0.3, -0.25) is 4.98 Å². The zero-order valence-electron chi connectivity index (χ0n) is 8.84. The summed E-state index contributed by atoms with van der Waals surface area (Å²) in [5.41, 5.74) is 3.19. The second-order valence-electron chi connectivity index (χ2n) is 3.59. The molecule has 0 radical (unpaired) electrons. The van der Waals surface area contributed by atoms with Crippen molar-refractivity contribution in [3.05, 3.63) is 40.5 Å². The second kappa shape index (κ2) is 4.17. The molecule has 0 aliphatic carbocycles. The molecular weight excluding hydrogens is 208 g/mol. The lowest BCUT2D eigenvalue weighted by Crippen LogP contribution is -2.06. The molecule has 0 aliphatic heterocycles. The lowest BCUT2D eigenvalue weighted by atomic mass is 10.1. The van der Waals surface area contributed by atoms with E-state index in [4.69, 9.17) is 11.6 Å². The largest absolute Gasteiger partial charge is 0.314 e. The van der Waals surface area contributed by atoms with Crippen molar-refractivity contribution in [3.8, 4) is 0 Å². The highest BCUT2D eigenvalue weighted by molar-refractivity contribution is 6.35. The van der Waals surface area contributed by atoms with Crippen molar-refractivity contribution in [2.45, 2.75) is 13.5 Å². The molecule has 0 aliphatic rings. The summed E-state index contributed by atoms with van der Waals surface area (Å²) in [6.45, 7) is 2.83. The first-order valence-electron chi connectivity index (χ1n) is 4.91. The van der Waals surface area contributed by atoms with Gasteiger partial charge in [-0.25, -0.2) is 0 Å². The monoisotopic (exact) mass is 220 g/mol. The van der Waals surface area contributed by atoms with E-state index in [9.17, 15) is 0 Å². The lowest BCUT2D eigenvalue weighted by Gasteiger charge is -2.06. The number of aryl methyl sites for hydroxylation is 1. The molecule has 1 heterocycles. The fourth-order valence-electron chi connectivity index (χ4n) is 1.64. The Kier molecular flexibility index (Phi) is 2.89. The van der Waals surface area contributed by atoms with Crippen molar-refractivity contribution in [2.24, 2.45) is 0 Å². The fourth-order valence-corrected chi connectivity index (χ4v) is 1.85. The molecule has 78 valence electrons. The molecule has 0 atom stereocenters. The summed E-state index contributed by atoms with van der Waals surface area (Å²) in [4.78, 5) is 4.58. The van der Waals surface area contributed by atoms with E-state index in [1.54, 1.807) is 0 Å².